The van der Waals surface area contributed by atoms with E-state index in [9.17, 15) is 18.4 Å². The number of nitrogens with zero attached hydrogens (tertiary/aromatic N) is 2. The highest BCUT2D eigenvalue weighted by Crippen LogP contribution is 2.25. The molecule has 0 spiro atoms. The summed E-state index contributed by atoms with van der Waals surface area (Å²) in [5.74, 6) is -2.33. The summed E-state index contributed by atoms with van der Waals surface area (Å²) in [4.78, 5) is 24.1. The van der Waals surface area contributed by atoms with Crippen molar-refractivity contribution in [2.45, 2.75) is 19.4 Å². The first kappa shape index (κ1) is 17.5. The van der Waals surface area contributed by atoms with Gasteiger partial charge in [-0.3, -0.25) is 14.6 Å². The molecule has 0 saturated carbocycles. The van der Waals surface area contributed by atoms with Gasteiger partial charge in [0.1, 0.15) is 23.4 Å². The van der Waals surface area contributed by atoms with Crippen LogP contribution in [0.2, 0.25) is 0 Å². The monoisotopic (exact) mass is 358 g/mol. The minimum Gasteiger partial charge on any atom is -0.368 e. The quantitative estimate of drug-likeness (QED) is 0.879. The SMILES string of the molecule is Cc1ccc(NC(=O)C2=NN(c3ccc(F)cc3)C(C(N)=O)C2)c(F)c1. The number of hydrazone groups is 1. The van der Waals surface area contributed by atoms with Gasteiger partial charge in [-0.2, -0.15) is 5.10 Å². The molecule has 6 nitrogen and oxygen atoms in total. The van der Waals surface area contributed by atoms with Gasteiger partial charge in [-0.1, -0.05) is 6.07 Å². The largest absolute Gasteiger partial charge is 0.368 e. The number of nitrogens with one attached hydrogen (secondary N) is 1. The van der Waals surface area contributed by atoms with Crippen molar-refractivity contribution in [3.05, 3.63) is 59.7 Å². The predicted molar refractivity (Wildman–Crippen MR) is 93.7 cm³/mol. The van der Waals surface area contributed by atoms with E-state index >= 15 is 0 Å². The molecule has 134 valence electrons. The van der Waals surface area contributed by atoms with Crippen LogP contribution < -0.4 is 16.1 Å². The number of benzene rings is 2. The minimum absolute atomic E-state index is 0.0131. The number of anilines is 2. The van der Waals surface area contributed by atoms with Crippen LogP contribution in [0, 0.1) is 18.6 Å². The highest BCUT2D eigenvalue weighted by molar-refractivity contribution is 6.44. The lowest BCUT2D eigenvalue weighted by atomic mass is 10.1. The van der Waals surface area contributed by atoms with Crippen molar-refractivity contribution in [1.82, 2.24) is 0 Å². The number of carbonyl (C=O) groups is 2. The molecule has 2 aromatic rings. The fraction of sp³-hybridized carbons (Fsp3) is 0.167. The summed E-state index contributed by atoms with van der Waals surface area (Å²) in [6, 6.07) is 8.79. The highest BCUT2D eigenvalue weighted by Gasteiger charge is 2.35. The van der Waals surface area contributed by atoms with Crippen LogP contribution in [0.15, 0.2) is 47.6 Å². The maximum atomic E-state index is 13.9. The van der Waals surface area contributed by atoms with Crippen molar-refractivity contribution < 1.29 is 18.4 Å². The van der Waals surface area contributed by atoms with E-state index in [2.05, 4.69) is 10.4 Å². The van der Waals surface area contributed by atoms with Crippen LogP contribution in [0.3, 0.4) is 0 Å². The summed E-state index contributed by atoms with van der Waals surface area (Å²) in [5.41, 5.74) is 6.56. The van der Waals surface area contributed by atoms with E-state index in [1.54, 1.807) is 13.0 Å². The Kier molecular flexibility index (Phi) is 4.66. The normalized spacial score (nSPS) is 16.3. The minimum atomic E-state index is -0.885. The first-order chi connectivity index (χ1) is 12.3. The van der Waals surface area contributed by atoms with Crippen LogP contribution in [0.25, 0.3) is 0 Å². The molecule has 2 amide bonds. The van der Waals surface area contributed by atoms with Crippen molar-refractivity contribution in [3.8, 4) is 0 Å². The molecule has 0 bridgehead atoms. The molecular formula is C18H16F2N4O2. The zero-order valence-corrected chi connectivity index (χ0v) is 13.9. The van der Waals surface area contributed by atoms with Crippen LogP contribution >= 0.6 is 0 Å². The number of rotatable bonds is 4. The lowest BCUT2D eigenvalue weighted by Crippen LogP contribution is -2.39. The van der Waals surface area contributed by atoms with Crippen LogP contribution in [0.5, 0.6) is 0 Å². The summed E-state index contributed by atoms with van der Waals surface area (Å²) < 4.78 is 27.0. The molecule has 3 rings (SSSR count). The van der Waals surface area contributed by atoms with Crippen LogP contribution in [0.4, 0.5) is 20.2 Å². The molecule has 0 radical (unpaired) electrons. The summed E-state index contributed by atoms with van der Waals surface area (Å²) in [7, 11) is 0. The van der Waals surface area contributed by atoms with Gasteiger partial charge in [-0.25, -0.2) is 8.78 Å². The van der Waals surface area contributed by atoms with Crippen molar-refractivity contribution in [1.29, 1.82) is 0 Å². The Hall–Kier alpha value is -3.29. The number of halogens is 2. The number of primary amides is 1. The number of hydrogen-bond acceptors (Lipinski definition) is 4. The summed E-state index contributed by atoms with van der Waals surface area (Å²) >= 11 is 0. The van der Waals surface area contributed by atoms with E-state index in [4.69, 9.17) is 5.73 Å². The van der Waals surface area contributed by atoms with E-state index in [0.717, 1.165) is 5.56 Å². The zero-order chi connectivity index (χ0) is 18.8. The van der Waals surface area contributed by atoms with Gasteiger partial charge < -0.3 is 11.1 Å². The first-order valence-electron chi connectivity index (χ1n) is 7.84. The van der Waals surface area contributed by atoms with E-state index in [0.29, 0.717) is 5.69 Å². The fourth-order valence-electron chi connectivity index (χ4n) is 2.62. The van der Waals surface area contributed by atoms with E-state index in [1.807, 2.05) is 0 Å². The first-order valence-corrected chi connectivity index (χ1v) is 7.84. The smallest absolute Gasteiger partial charge is 0.272 e. The van der Waals surface area contributed by atoms with Gasteiger partial charge in [-0.05, 0) is 48.9 Å². The topological polar surface area (TPSA) is 87.8 Å². The van der Waals surface area contributed by atoms with Gasteiger partial charge in [0.15, 0.2) is 0 Å². The van der Waals surface area contributed by atoms with E-state index < -0.39 is 29.5 Å². The molecule has 0 aliphatic carbocycles. The van der Waals surface area contributed by atoms with Crippen molar-refractivity contribution in [2.75, 3.05) is 10.3 Å². The van der Waals surface area contributed by atoms with E-state index in [1.165, 1.54) is 41.4 Å². The number of amides is 2. The Morgan fingerprint density at radius 1 is 1.19 bits per heavy atom. The molecule has 1 aliphatic rings. The second-order valence-corrected chi connectivity index (χ2v) is 5.93. The molecule has 3 N–H and O–H groups in total. The fourth-order valence-corrected chi connectivity index (χ4v) is 2.62. The molecule has 0 aromatic heterocycles. The summed E-state index contributed by atoms with van der Waals surface area (Å²) in [6.45, 7) is 1.73. The molecule has 0 saturated heterocycles. The maximum Gasteiger partial charge on any atom is 0.272 e. The Labute approximate surface area is 148 Å². The molecule has 2 aromatic carbocycles. The molecule has 1 atom stereocenters. The molecule has 1 heterocycles. The van der Waals surface area contributed by atoms with Gasteiger partial charge >= 0.3 is 0 Å². The number of nitrogens with two attached hydrogens (primary N) is 1. The summed E-state index contributed by atoms with van der Waals surface area (Å²) in [6.07, 6.45) is -0.0357. The van der Waals surface area contributed by atoms with Gasteiger partial charge in [0.25, 0.3) is 5.91 Å². The number of hydrogen-bond donors (Lipinski definition) is 2. The van der Waals surface area contributed by atoms with Crippen LogP contribution in [0.1, 0.15) is 12.0 Å². The molecule has 1 unspecified atom stereocenters. The van der Waals surface area contributed by atoms with Gasteiger partial charge in [0.05, 0.1) is 11.4 Å². The van der Waals surface area contributed by atoms with Crippen molar-refractivity contribution >= 4 is 28.9 Å². The predicted octanol–water partition coefficient (Wildman–Crippen LogP) is 2.33. The Balaban J connectivity index is 1.84. The molecule has 1 aliphatic heterocycles. The van der Waals surface area contributed by atoms with Crippen LogP contribution in [-0.4, -0.2) is 23.6 Å². The number of aryl methyl sites for hydroxylation is 1. The molecular weight excluding hydrogens is 342 g/mol. The third-order valence-electron chi connectivity index (χ3n) is 3.96. The van der Waals surface area contributed by atoms with Gasteiger partial charge in [-0.15, -0.1) is 0 Å². The van der Waals surface area contributed by atoms with Crippen molar-refractivity contribution in [2.24, 2.45) is 10.8 Å². The second kappa shape index (κ2) is 6.91. The Morgan fingerprint density at radius 2 is 1.88 bits per heavy atom. The maximum absolute atomic E-state index is 13.9. The van der Waals surface area contributed by atoms with Gasteiger partial charge in [0.2, 0.25) is 5.91 Å². The lowest BCUT2D eigenvalue weighted by Gasteiger charge is -2.20. The van der Waals surface area contributed by atoms with Gasteiger partial charge in [0, 0.05) is 6.42 Å². The molecule has 0 fully saturated rings. The zero-order valence-electron chi connectivity index (χ0n) is 13.9. The average Bonchev–Trinajstić information content (AvgIpc) is 3.04. The Bertz CT molecular complexity index is 897. The number of carbonyl (C=O) groups excluding carboxylic acids is 2. The third-order valence-corrected chi connectivity index (χ3v) is 3.96. The molecule has 8 heteroatoms. The Morgan fingerprint density at radius 3 is 2.50 bits per heavy atom. The highest BCUT2D eigenvalue weighted by atomic mass is 19.1. The standard InChI is InChI=1S/C18H16F2N4O2/c1-10-2-7-14(13(20)8-10)22-18(26)15-9-16(17(21)25)24(23-15)12-5-3-11(19)4-6-12/h2-8,16H,9H2,1H3,(H2,21,25)(H,22,26). The lowest BCUT2D eigenvalue weighted by molar-refractivity contribution is -0.119. The second-order valence-electron chi connectivity index (χ2n) is 5.93. The molecule has 26 heavy (non-hydrogen) atoms. The summed E-state index contributed by atoms with van der Waals surface area (Å²) in [5, 5.41) is 7.83. The third kappa shape index (κ3) is 3.53. The van der Waals surface area contributed by atoms with E-state index in [-0.39, 0.29) is 17.8 Å². The van der Waals surface area contributed by atoms with Crippen LogP contribution in [-0.2, 0) is 9.59 Å². The average molecular weight is 358 g/mol. The van der Waals surface area contributed by atoms with Crippen molar-refractivity contribution in [3.63, 3.8) is 0 Å².